The lowest BCUT2D eigenvalue weighted by atomic mass is 10.0. The molecule has 0 saturated carbocycles. The monoisotopic (exact) mass is 257 g/mol. The summed E-state index contributed by atoms with van der Waals surface area (Å²) in [5.74, 6) is 1.11. The maximum Gasteiger partial charge on any atom is 0.167 e. The molecule has 0 spiro atoms. The first-order valence-electron chi connectivity index (χ1n) is 5.55. The third-order valence-electron chi connectivity index (χ3n) is 3.03. The molecule has 1 aromatic carbocycles. The van der Waals surface area contributed by atoms with E-state index in [1.54, 1.807) is 7.11 Å². The molecule has 1 atom stereocenters. The van der Waals surface area contributed by atoms with Crippen LogP contribution >= 0.6 is 11.6 Å². The average Bonchev–Trinajstić information content (AvgIpc) is 2.85. The molecule has 0 aromatic heterocycles. The van der Waals surface area contributed by atoms with Gasteiger partial charge in [0.15, 0.2) is 11.5 Å². The standard InChI is InChI=1S/C12H16ClNO3/c1-16-9-6-8(15)11(13)10(12(9)17-2)7-4-3-5-14-7/h6-7,14-15H,3-5H2,1-2H3. The quantitative estimate of drug-likeness (QED) is 0.874. The number of nitrogens with one attached hydrogen (secondary N) is 1. The van der Waals surface area contributed by atoms with Gasteiger partial charge in [0.25, 0.3) is 0 Å². The molecule has 1 heterocycles. The second-order valence-electron chi connectivity index (χ2n) is 4.01. The molecule has 1 fully saturated rings. The highest BCUT2D eigenvalue weighted by atomic mass is 35.5. The summed E-state index contributed by atoms with van der Waals surface area (Å²) in [5, 5.41) is 13.5. The molecule has 2 N–H and O–H groups in total. The van der Waals surface area contributed by atoms with E-state index < -0.39 is 0 Å². The van der Waals surface area contributed by atoms with E-state index in [9.17, 15) is 5.11 Å². The molecule has 1 saturated heterocycles. The van der Waals surface area contributed by atoms with Crippen LogP contribution in [-0.2, 0) is 0 Å². The molecule has 1 aromatic rings. The van der Waals surface area contributed by atoms with Crippen LogP contribution in [0.25, 0.3) is 0 Å². The molecule has 0 aliphatic carbocycles. The number of rotatable bonds is 3. The SMILES string of the molecule is COc1cc(O)c(Cl)c(C2CCCN2)c1OC. The molecule has 94 valence electrons. The van der Waals surface area contributed by atoms with Crippen molar-refractivity contribution in [1.82, 2.24) is 5.32 Å². The minimum absolute atomic E-state index is 0.0213. The van der Waals surface area contributed by atoms with Crippen molar-refractivity contribution < 1.29 is 14.6 Å². The Hall–Kier alpha value is -1.13. The van der Waals surface area contributed by atoms with Crippen molar-refractivity contribution in [2.24, 2.45) is 0 Å². The van der Waals surface area contributed by atoms with Gasteiger partial charge >= 0.3 is 0 Å². The lowest BCUT2D eigenvalue weighted by molar-refractivity contribution is 0.344. The minimum Gasteiger partial charge on any atom is -0.506 e. The number of phenolic OH excluding ortho intramolecular Hbond substituents is 1. The Morgan fingerprint density at radius 2 is 2.18 bits per heavy atom. The first kappa shape index (κ1) is 12.3. The lowest BCUT2D eigenvalue weighted by Crippen LogP contribution is -2.14. The fourth-order valence-corrected chi connectivity index (χ4v) is 2.50. The summed E-state index contributed by atoms with van der Waals surface area (Å²) in [6.07, 6.45) is 2.06. The molecule has 1 unspecified atom stereocenters. The Kier molecular flexibility index (Phi) is 3.64. The van der Waals surface area contributed by atoms with Crippen molar-refractivity contribution in [2.75, 3.05) is 20.8 Å². The zero-order valence-corrected chi connectivity index (χ0v) is 10.7. The fraction of sp³-hybridized carbons (Fsp3) is 0.500. The smallest absolute Gasteiger partial charge is 0.167 e. The van der Waals surface area contributed by atoms with Crippen LogP contribution in [0.2, 0.25) is 5.02 Å². The summed E-state index contributed by atoms with van der Waals surface area (Å²) in [5.41, 5.74) is 0.781. The van der Waals surface area contributed by atoms with Gasteiger partial charge in [-0.05, 0) is 19.4 Å². The van der Waals surface area contributed by atoms with Crippen LogP contribution in [0.3, 0.4) is 0 Å². The molecule has 0 amide bonds. The number of hydrogen-bond donors (Lipinski definition) is 2. The van der Waals surface area contributed by atoms with Gasteiger partial charge in [0.1, 0.15) is 5.75 Å². The molecule has 2 rings (SSSR count). The normalized spacial score (nSPS) is 19.4. The molecular formula is C12H16ClNO3. The van der Waals surface area contributed by atoms with Crippen LogP contribution in [0.1, 0.15) is 24.4 Å². The summed E-state index contributed by atoms with van der Waals surface area (Å²) < 4.78 is 10.6. The average molecular weight is 258 g/mol. The zero-order valence-electron chi connectivity index (χ0n) is 9.92. The molecule has 1 aliphatic rings. The predicted octanol–water partition coefficient (Wildman–Crippen LogP) is 2.49. The van der Waals surface area contributed by atoms with Gasteiger partial charge in [-0.25, -0.2) is 0 Å². The highest BCUT2D eigenvalue weighted by Crippen LogP contribution is 2.46. The highest BCUT2D eigenvalue weighted by Gasteiger charge is 2.27. The maximum absolute atomic E-state index is 9.80. The molecule has 1 aliphatic heterocycles. The zero-order chi connectivity index (χ0) is 12.4. The fourth-order valence-electron chi connectivity index (χ4n) is 2.23. The number of methoxy groups -OCH3 is 2. The summed E-state index contributed by atoms with van der Waals surface area (Å²) in [4.78, 5) is 0. The third-order valence-corrected chi connectivity index (χ3v) is 3.43. The molecule has 5 heteroatoms. The van der Waals surface area contributed by atoms with Crippen LogP contribution in [0.4, 0.5) is 0 Å². The van der Waals surface area contributed by atoms with Gasteiger partial charge < -0.3 is 19.9 Å². The summed E-state index contributed by atoms with van der Waals surface area (Å²) in [6, 6.07) is 1.58. The molecule has 0 bridgehead atoms. The van der Waals surface area contributed by atoms with Crippen LogP contribution in [-0.4, -0.2) is 25.9 Å². The Bertz CT molecular complexity index is 417. The third kappa shape index (κ3) is 2.15. The van der Waals surface area contributed by atoms with Crippen molar-refractivity contribution >= 4 is 11.6 Å². The van der Waals surface area contributed by atoms with Gasteiger partial charge in [-0.2, -0.15) is 0 Å². The largest absolute Gasteiger partial charge is 0.506 e. The van der Waals surface area contributed by atoms with Crippen molar-refractivity contribution in [3.63, 3.8) is 0 Å². The summed E-state index contributed by atoms with van der Waals surface area (Å²) in [6.45, 7) is 0.947. The number of halogens is 1. The van der Waals surface area contributed by atoms with Crippen molar-refractivity contribution in [1.29, 1.82) is 0 Å². The van der Waals surface area contributed by atoms with Gasteiger partial charge in [0.05, 0.1) is 19.2 Å². The number of hydrogen-bond acceptors (Lipinski definition) is 4. The summed E-state index contributed by atoms with van der Waals surface area (Å²) in [7, 11) is 3.11. The Balaban J connectivity index is 2.56. The van der Waals surface area contributed by atoms with Crippen LogP contribution in [0.15, 0.2) is 6.07 Å². The van der Waals surface area contributed by atoms with E-state index in [1.807, 2.05) is 0 Å². The Labute approximate surface area is 105 Å². The predicted molar refractivity (Wildman–Crippen MR) is 66.2 cm³/mol. The lowest BCUT2D eigenvalue weighted by Gasteiger charge is -2.19. The molecular weight excluding hydrogens is 242 g/mol. The van der Waals surface area contributed by atoms with Crippen LogP contribution in [0.5, 0.6) is 17.2 Å². The highest BCUT2D eigenvalue weighted by molar-refractivity contribution is 6.33. The number of ether oxygens (including phenoxy) is 2. The topological polar surface area (TPSA) is 50.7 Å². The second-order valence-corrected chi connectivity index (χ2v) is 4.39. The van der Waals surface area contributed by atoms with E-state index in [2.05, 4.69) is 5.32 Å². The first-order chi connectivity index (χ1) is 8.19. The Morgan fingerprint density at radius 3 is 2.71 bits per heavy atom. The van der Waals surface area contributed by atoms with Crippen LogP contribution < -0.4 is 14.8 Å². The van der Waals surface area contributed by atoms with Crippen molar-refractivity contribution in [3.8, 4) is 17.2 Å². The summed E-state index contributed by atoms with van der Waals surface area (Å²) >= 11 is 6.16. The second kappa shape index (κ2) is 5.02. The van der Waals surface area contributed by atoms with Gasteiger partial charge in [-0.1, -0.05) is 11.6 Å². The van der Waals surface area contributed by atoms with Crippen molar-refractivity contribution in [3.05, 3.63) is 16.7 Å². The minimum atomic E-state index is 0.0213. The number of phenols is 1. The Morgan fingerprint density at radius 1 is 1.41 bits per heavy atom. The molecule has 0 radical (unpaired) electrons. The van der Waals surface area contributed by atoms with Gasteiger partial charge in [-0.15, -0.1) is 0 Å². The maximum atomic E-state index is 9.80. The van der Waals surface area contributed by atoms with Gasteiger partial charge in [0, 0.05) is 17.7 Å². The number of benzene rings is 1. The van der Waals surface area contributed by atoms with E-state index in [-0.39, 0.29) is 11.8 Å². The van der Waals surface area contributed by atoms with E-state index >= 15 is 0 Å². The van der Waals surface area contributed by atoms with E-state index in [0.717, 1.165) is 24.9 Å². The van der Waals surface area contributed by atoms with Gasteiger partial charge in [0.2, 0.25) is 0 Å². The van der Waals surface area contributed by atoms with E-state index in [4.69, 9.17) is 21.1 Å². The van der Waals surface area contributed by atoms with Crippen LogP contribution in [0, 0.1) is 0 Å². The van der Waals surface area contributed by atoms with E-state index in [1.165, 1.54) is 13.2 Å². The molecule has 4 nitrogen and oxygen atoms in total. The molecule has 17 heavy (non-hydrogen) atoms. The number of aromatic hydroxyl groups is 1. The van der Waals surface area contributed by atoms with Gasteiger partial charge in [-0.3, -0.25) is 0 Å². The first-order valence-corrected chi connectivity index (χ1v) is 5.93. The van der Waals surface area contributed by atoms with Crippen molar-refractivity contribution in [2.45, 2.75) is 18.9 Å². The van der Waals surface area contributed by atoms with E-state index in [0.29, 0.717) is 16.5 Å².